The number of carbonyl (C=O) groups is 2. The number of aromatic nitrogens is 1. The van der Waals surface area contributed by atoms with Crippen LogP contribution in [0.3, 0.4) is 0 Å². The van der Waals surface area contributed by atoms with Crippen LogP contribution in [-0.4, -0.2) is 28.2 Å². The molecule has 1 N–H and O–H groups in total. The number of carbonyl (C=O) groups excluding carboxylic acids is 2. The minimum absolute atomic E-state index is 0.0504. The maximum absolute atomic E-state index is 14.1. The van der Waals surface area contributed by atoms with E-state index in [9.17, 15) is 14.0 Å². The molecular formula is C20H17BrFN3O2S2. The Morgan fingerprint density at radius 3 is 2.86 bits per heavy atom. The lowest BCUT2D eigenvalue weighted by Crippen LogP contribution is -2.32. The zero-order chi connectivity index (χ0) is 20.8. The lowest BCUT2D eigenvalue weighted by atomic mass is 10.2. The van der Waals surface area contributed by atoms with Crippen LogP contribution in [0.15, 0.2) is 58.2 Å². The summed E-state index contributed by atoms with van der Waals surface area (Å²) in [7, 11) is 0. The highest BCUT2D eigenvalue weighted by Gasteiger charge is 2.18. The van der Waals surface area contributed by atoms with Gasteiger partial charge in [0.1, 0.15) is 5.82 Å². The van der Waals surface area contributed by atoms with Gasteiger partial charge in [-0.15, -0.1) is 29.3 Å². The molecule has 0 aliphatic heterocycles. The molecule has 2 aromatic heterocycles. The van der Waals surface area contributed by atoms with Crippen LogP contribution in [0.4, 0.5) is 9.52 Å². The van der Waals surface area contributed by atoms with E-state index >= 15 is 0 Å². The highest BCUT2D eigenvalue weighted by molar-refractivity contribution is 9.10. The molecular weight excluding hydrogens is 477 g/mol. The van der Waals surface area contributed by atoms with Gasteiger partial charge >= 0.3 is 0 Å². The zero-order valence-corrected chi connectivity index (χ0v) is 18.4. The van der Waals surface area contributed by atoms with Crippen LogP contribution in [0.25, 0.3) is 0 Å². The van der Waals surface area contributed by atoms with Crippen molar-refractivity contribution in [1.82, 2.24) is 9.88 Å². The average Bonchev–Trinajstić information content (AvgIpc) is 3.36. The Morgan fingerprint density at radius 1 is 1.31 bits per heavy atom. The topological polar surface area (TPSA) is 62.3 Å². The van der Waals surface area contributed by atoms with Gasteiger partial charge in [-0.25, -0.2) is 9.37 Å². The van der Waals surface area contributed by atoms with E-state index in [2.05, 4.69) is 32.8 Å². The summed E-state index contributed by atoms with van der Waals surface area (Å²) in [6.07, 6.45) is 1.65. The maximum atomic E-state index is 14.1. The van der Waals surface area contributed by atoms with E-state index in [1.54, 1.807) is 35.7 Å². The van der Waals surface area contributed by atoms with E-state index in [1.807, 2.05) is 5.38 Å². The zero-order valence-electron chi connectivity index (χ0n) is 15.2. The van der Waals surface area contributed by atoms with E-state index < -0.39 is 0 Å². The molecule has 2 heterocycles. The quantitative estimate of drug-likeness (QED) is 0.443. The van der Waals surface area contributed by atoms with Crippen LogP contribution in [0.2, 0.25) is 0 Å². The molecule has 0 spiro atoms. The van der Waals surface area contributed by atoms with Gasteiger partial charge in [0.15, 0.2) is 5.13 Å². The van der Waals surface area contributed by atoms with Crippen molar-refractivity contribution in [1.29, 1.82) is 0 Å². The number of anilines is 1. The number of rotatable bonds is 8. The van der Waals surface area contributed by atoms with Crippen molar-refractivity contribution in [3.05, 3.63) is 80.2 Å². The number of hydrogen-bond donors (Lipinski definition) is 1. The molecule has 2 amide bonds. The van der Waals surface area contributed by atoms with Gasteiger partial charge in [0, 0.05) is 28.5 Å². The summed E-state index contributed by atoms with van der Waals surface area (Å²) in [5.74, 6) is -0.807. The Hall–Kier alpha value is -2.36. The van der Waals surface area contributed by atoms with Crippen molar-refractivity contribution < 1.29 is 14.0 Å². The molecule has 3 rings (SSSR count). The first-order valence-corrected chi connectivity index (χ1v) is 11.1. The number of halogens is 2. The van der Waals surface area contributed by atoms with Crippen molar-refractivity contribution in [2.45, 2.75) is 13.0 Å². The Kier molecular flexibility index (Phi) is 7.29. The predicted molar refractivity (Wildman–Crippen MR) is 118 cm³/mol. The van der Waals surface area contributed by atoms with Crippen molar-refractivity contribution in [3.8, 4) is 0 Å². The molecule has 0 radical (unpaired) electrons. The molecule has 0 aliphatic carbocycles. The van der Waals surface area contributed by atoms with Crippen LogP contribution < -0.4 is 5.32 Å². The van der Waals surface area contributed by atoms with Crippen molar-refractivity contribution >= 4 is 55.5 Å². The third kappa shape index (κ3) is 5.81. The fourth-order valence-electron chi connectivity index (χ4n) is 2.56. The van der Waals surface area contributed by atoms with Crippen LogP contribution in [-0.2, 0) is 17.8 Å². The first-order chi connectivity index (χ1) is 14.0. The molecule has 0 saturated heterocycles. The number of nitrogens with zero attached hydrogens (tertiary/aromatic N) is 2. The lowest BCUT2D eigenvalue weighted by Gasteiger charge is -2.21. The maximum Gasteiger partial charge on any atom is 0.267 e. The van der Waals surface area contributed by atoms with Crippen molar-refractivity contribution in [2.75, 3.05) is 11.9 Å². The summed E-state index contributed by atoms with van der Waals surface area (Å²) in [4.78, 5) is 31.3. The summed E-state index contributed by atoms with van der Waals surface area (Å²) >= 11 is 5.92. The van der Waals surface area contributed by atoms with E-state index in [0.717, 1.165) is 4.47 Å². The monoisotopic (exact) mass is 493 g/mol. The van der Waals surface area contributed by atoms with Crippen molar-refractivity contribution in [3.63, 3.8) is 0 Å². The Morgan fingerprint density at radius 2 is 2.14 bits per heavy atom. The standard InChI is InChI=1S/C20H17BrFN3O2S2/c1-2-7-25(11-13-9-14(21)5-6-16(13)22)18(26)10-15-12-29-20(23-15)24-19(27)17-4-3-8-28-17/h2-6,8-9,12H,1,7,10-11H2,(H,23,24,27). The van der Waals surface area contributed by atoms with Gasteiger partial charge in [-0.2, -0.15) is 0 Å². The van der Waals surface area contributed by atoms with Crippen LogP contribution in [0, 0.1) is 5.82 Å². The number of nitrogens with one attached hydrogen (secondary N) is 1. The predicted octanol–water partition coefficient (Wildman–Crippen LogP) is 5.12. The fourth-order valence-corrected chi connectivity index (χ4v) is 4.29. The first-order valence-electron chi connectivity index (χ1n) is 8.58. The van der Waals surface area contributed by atoms with Crippen molar-refractivity contribution in [2.24, 2.45) is 0 Å². The van der Waals surface area contributed by atoms with E-state index in [1.165, 1.54) is 33.6 Å². The summed E-state index contributed by atoms with van der Waals surface area (Å²) in [5.41, 5.74) is 0.960. The van der Waals surface area contributed by atoms with Crippen LogP contribution in [0.5, 0.6) is 0 Å². The SMILES string of the molecule is C=CCN(Cc1cc(Br)ccc1F)C(=O)Cc1csc(NC(=O)c2cccs2)n1. The number of thiazole rings is 1. The summed E-state index contributed by atoms with van der Waals surface area (Å²) in [6.45, 7) is 4.09. The Balaban J connectivity index is 1.65. The van der Waals surface area contributed by atoms with Gasteiger partial charge in [0.2, 0.25) is 5.91 Å². The Labute approximate surface area is 184 Å². The molecule has 0 atom stereocenters. The third-order valence-electron chi connectivity index (χ3n) is 3.92. The van der Waals surface area contributed by atoms with Gasteiger partial charge in [0.05, 0.1) is 17.0 Å². The highest BCUT2D eigenvalue weighted by atomic mass is 79.9. The number of amides is 2. The summed E-state index contributed by atoms with van der Waals surface area (Å²) in [6, 6.07) is 8.15. The van der Waals surface area contributed by atoms with Gasteiger partial charge in [-0.3, -0.25) is 14.9 Å². The molecule has 5 nitrogen and oxygen atoms in total. The highest BCUT2D eigenvalue weighted by Crippen LogP contribution is 2.20. The first kappa shape index (κ1) is 21.4. The molecule has 3 aromatic rings. The van der Waals surface area contributed by atoms with Gasteiger partial charge in [-0.05, 0) is 29.6 Å². The largest absolute Gasteiger partial charge is 0.334 e. The minimum atomic E-state index is -0.373. The second-order valence-corrected chi connectivity index (χ2v) is 8.77. The fraction of sp³-hybridized carbons (Fsp3) is 0.150. The van der Waals surface area contributed by atoms with Crippen LogP contribution >= 0.6 is 38.6 Å². The average molecular weight is 494 g/mol. The Bertz CT molecular complexity index is 1020. The molecule has 1 aromatic carbocycles. The molecule has 29 heavy (non-hydrogen) atoms. The number of benzene rings is 1. The molecule has 9 heteroatoms. The molecule has 0 bridgehead atoms. The lowest BCUT2D eigenvalue weighted by molar-refractivity contribution is -0.130. The molecule has 0 aliphatic rings. The van der Waals surface area contributed by atoms with E-state index in [0.29, 0.717) is 21.3 Å². The molecule has 150 valence electrons. The number of thiophene rings is 1. The summed E-state index contributed by atoms with van der Waals surface area (Å²) < 4.78 is 14.8. The second kappa shape index (κ2) is 9.91. The van der Waals surface area contributed by atoms with Gasteiger partial charge < -0.3 is 4.90 Å². The van der Waals surface area contributed by atoms with Gasteiger partial charge in [-0.1, -0.05) is 28.1 Å². The number of hydrogen-bond acceptors (Lipinski definition) is 5. The van der Waals surface area contributed by atoms with E-state index in [4.69, 9.17) is 0 Å². The minimum Gasteiger partial charge on any atom is -0.334 e. The summed E-state index contributed by atoms with van der Waals surface area (Å²) in [5, 5.41) is 6.71. The normalized spacial score (nSPS) is 10.6. The molecule has 0 saturated carbocycles. The second-order valence-electron chi connectivity index (χ2n) is 6.05. The smallest absolute Gasteiger partial charge is 0.267 e. The van der Waals surface area contributed by atoms with E-state index in [-0.39, 0.29) is 37.1 Å². The molecule has 0 unspecified atom stereocenters. The third-order valence-corrected chi connectivity index (χ3v) is 6.09. The molecule has 0 fully saturated rings. The van der Waals surface area contributed by atoms with Crippen LogP contribution in [0.1, 0.15) is 20.9 Å². The van der Waals surface area contributed by atoms with Gasteiger partial charge in [0.25, 0.3) is 5.91 Å².